The molecule has 0 amide bonds. The van der Waals surface area contributed by atoms with Crippen molar-refractivity contribution in [1.29, 1.82) is 0 Å². The van der Waals surface area contributed by atoms with E-state index in [4.69, 9.17) is 4.74 Å². The topological polar surface area (TPSA) is 83.0 Å². The number of sulfonamides is 1. The van der Waals surface area contributed by atoms with Crippen molar-refractivity contribution in [2.75, 3.05) is 39.0 Å². The number of hydrogen-bond donors (Lipinski definition) is 2. The molecular weight excluding hydrogens is 455 g/mol. The van der Waals surface area contributed by atoms with Crippen molar-refractivity contribution in [2.24, 2.45) is 10.9 Å². The highest BCUT2D eigenvalue weighted by atomic mass is 127. The van der Waals surface area contributed by atoms with Crippen LogP contribution in [0.1, 0.15) is 40.5 Å². The number of ether oxygens (including phenoxy) is 1. The van der Waals surface area contributed by atoms with Crippen LogP contribution in [-0.4, -0.2) is 69.9 Å². The molecule has 1 saturated heterocycles. The van der Waals surface area contributed by atoms with Crippen LogP contribution in [0, 0.1) is 5.92 Å². The van der Waals surface area contributed by atoms with Gasteiger partial charge in [0.15, 0.2) is 5.96 Å². The van der Waals surface area contributed by atoms with Crippen LogP contribution in [0.5, 0.6) is 0 Å². The van der Waals surface area contributed by atoms with Crippen LogP contribution in [0.15, 0.2) is 4.99 Å². The number of guanidine groups is 1. The molecule has 25 heavy (non-hydrogen) atoms. The Kier molecular flexibility index (Phi) is 12.2. The lowest BCUT2D eigenvalue weighted by Crippen LogP contribution is -2.50. The molecule has 0 aromatic heterocycles. The van der Waals surface area contributed by atoms with Crippen LogP contribution in [-0.2, 0) is 14.8 Å². The number of nitrogens with zero attached hydrogens (tertiary/aromatic N) is 2. The largest absolute Gasteiger partial charge is 0.373 e. The van der Waals surface area contributed by atoms with Gasteiger partial charge in [-0.2, -0.15) is 4.31 Å². The van der Waals surface area contributed by atoms with Crippen LogP contribution in [0.4, 0.5) is 0 Å². The Labute approximate surface area is 170 Å². The molecule has 1 aliphatic rings. The molecule has 2 unspecified atom stereocenters. The van der Waals surface area contributed by atoms with E-state index in [0.29, 0.717) is 31.5 Å². The molecule has 7 nitrogen and oxygen atoms in total. The molecule has 1 aliphatic heterocycles. The SMILES string of the molecule is CN=C(NCCCC(C)C)NCCS(=O)(=O)N1CC(C)OC(C)C1.I. The second-order valence-electron chi connectivity index (χ2n) is 6.85. The number of halogens is 1. The van der Waals surface area contributed by atoms with Gasteiger partial charge in [-0.3, -0.25) is 4.99 Å². The van der Waals surface area contributed by atoms with Gasteiger partial charge in [-0.1, -0.05) is 13.8 Å². The third-order valence-electron chi connectivity index (χ3n) is 3.91. The third kappa shape index (κ3) is 9.95. The molecule has 150 valence electrons. The maximum atomic E-state index is 12.5. The predicted molar refractivity (Wildman–Crippen MR) is 114 cm³/mol. The van der Waals surface area contributed by atoms with Crippen molar-refractivity contribution in [2.45, 2.75) is 52.7 Å². The average Bonchev–Trinajstić information content (AvgIpc) is 2.48. The Morgan fingerprint density at radius 3 is 2.28 bits per heavy atom. The minimum Gasteiger partial charge on any atom is -0.373 e. The minimum atomic E-state index is -3.28. The Hall–Kier alpha value is -0.130. The quantitative estimate of drug-likeness (QED) is 0.234. The van der Waals surface area contributed by atoms with Gasteiger partial charge in [-0.15, -0.1) is 24.0 Å². The van der Waals surface area contributed by atoms with Gasteiger partial charge in [0.05, 0.1) is 18.0 Å². The molecule has 1 fully saturated rings. The highest BCUT2D eigenvalue weighted by Crippen LogP contribution is 2.14. The first kappa shape index (κ1) is 24.9. The fraction of sp³-hybridized carbons (Fsp3) is 0.938. The van der Waals surface area contributed by atoms with E-state index in [1.165, 1.54) is 4.31 Å². The zero-order valence-corrected chi connectivity index (χ0v) is 19.3. The number of aliphatic imine (C=N–C) groups is 1. The van der Waals surface area contributed by atoms with Gasteiger partial charge in [-0.05, 0) is 32.6 Å². The lowest BCUT2D eigenvalue weighted by atomic mass is 10.1. The summed E-state index contributed by atoms with van der Waals surface area (Å²) in [5, 5.41) is 6.29. The first-order chi connectivity index (χ1) is 11.2. The highest BCUT2D eigenvalue weighted by molar-refractivity contribution is 14.0. The molecule has 2 atom stereocenters. The van der Waals surface area contributed by atoms with Crippen molar-refractivity contribution in [3.63, 3.8) is 0 Å². The summed E-state index contributed by atoms with van der Waals surface area (Å²) < 4.78 is 32.0. The monoisotopic (exact) mass is 490 g/mol. The van der Waals surface area contributed by atoms with Crippen molar-refractivity contribution in [1.82, 2.24) is 14.9 Å². The molecule has 9 heteroatoms. The zero-order valence-electron chi connectivity index (χ0n) is 16.1. The van der Waals surface area contributed by atoms with Crippen molar-refractivity contribution in [3.05, 3.63) is 0 Å². The summed E-state index contributed by atoms with van der Waals surface area (Å²) in [5.41, 5.74) is 0. The normalized spacial score (nSPS) is 22.6. The summed E-state index contributed by atoms with van der Waals surface area (Å²) >= 11 is 0. The number of nitrogens with one attached hydrogen (secondary N) is 2. The van der Waals surface area contributed by atoms with Crippen LogP contribution < -0.4 is 10.6 Å². The van der Waals surface area contributed by atoms with E-state index < -0.39 is 10.0 Å². The Bertz CT molecular complexity index is 490. The summed E-state index contributed by atoms with van der Waals surface area (Å²) in [6.07, 6.45) is 2.10. The molecule has 0 aliphatic carbocycles. The molecule has 2 N–H and O–H groups in total. The molecule has 0 radical (unpaired) electrons. The summed E-state index contributed by atoms with van der Waals surface area (Å²) in [7, 11) is -1.59. The van der Waals surface area contributed by atoms with Crippen LogP contribution in [0.2, 0.25) is 0 Å². The molecular formula is C16H35IN4O3S. The molecule has 0 aromatic rings. The minimum absolute atomic E-state index is 0. The summed E-state index contributed by atoms with van der Waals surface area (Å²) in [4.78, 5) is 4.13. The third-order valence-corrected chi connectivity index (χ3v) is 5.71. The van der Waals surface area contributed by atoms with E-state index in [0.717, 1.165) is 19.4 Å². The van der Waals surface area contributed by atoms with Crippen LogP contribution >= 0.6 is 24.0 Å². The molecule has 1 rings (SSSR count). The van der Waals surface area contributed by atoms with Gasteiger partial charge in [0.2, 0.25) is 10.0 Å². The van der Waals surface area contributed by atoms with Gasteiger partial charge in [0, 0.05) is 33.2 Å². The lowest BCUT2D eigenvalue weighted by Gasteiger charge is -2.34. The standard InChI is InChI=1S/C16H34N4O3S.HI/c1-13(2)7-6-8-18-16(17-5)19-9-10-24(21,22)20-11-14(3)23-15(4)12-20;/h13-15H,6-12H2,1-5H3,(H2,17,18,19);1H. The molecule has 0 aromatic carbocycles. The maximum Gasteiger partial charge on any atom is 0.216 e. The second kappa shape index (κ2) is 12.3. The first-order valence-electron chi connectivity index (χ1n) is 8.82. The van der Waals surface area contributed by atoms with Gasteiger partial charge < -0.3 is 15.4 Å². The van der Waals surface area contributed by atoms with Gasteiger partial charge in [0.25, 0.3) is 0 Å². The van der Waals surface area contributed by atoms with Gasteiger partial charge >= 0.3 is 0 Å². The van der Waals surface area contributed by atoms with E-state index >= 15 is 0 Å². The maximum absolute atomic E-state index is 12.5. The number of hydrogen-bond acceptors (Lipinski definition) is 4. The van der Waals surface area contributed by atoms with Crippen molar-refractivity contribution < 1.29 is 13.2 Å². The summed E-state index contributed by atoms with van der Waals surface area (Å²) in [5.74, 6) is 1.39. The molecule has 0 bridgehead atoms. The molecule has 1 heterocycles. The van der Waals surface area contributed by atoms with E-state index in [1.807, 2.05) is 13.8 Å². The van der Waals surface area contributed by atoms with E-state index in [-0.39, 0.29) is 41.9 Å². The lowest BCUT2D eigenvalue weighted by molar-refractivity contribution is -0.0440. The van der Waals surface area contributed by atoms with Crippen LogP contribution in [0.3, 0.4) is 0 Å². The average molecular weight is 490 g/mol. The fourth-order valence-corrected chi connectivity index (χ4v) is 4.22. The van der Waals surface area contributed by atoms with E-state index in [2.05, 4.69) is 29.5 Å². The molecule has 0 saturated carbocycles. The number of morpholine rings is 1. The Morgan fingerprint density at radius 2 is 1.76 bits per heavy atom. The van der Waals surface area contributed by atoms with Crippen molar-refractivity contribution in [3.8, 4) is 0 Å². The fourth-order valence-electron chi connectivity index (χ4n) is 2.72. The molecule has 0 spiro atoms. The Balaban J connectivity index is 0.00000576. The summed E-state index contributed by atoms with van der Waals surface area (Å²) in [6, 6.07) is 0. The predicted octanol–water partition coefficient (Wildman–Crippen LogP) is 1.64. The van der Waals surface area contributed by atoms with Gasteiger partial charge in [-0.25, -0.2) is 8.42 Å². The van der Waals surface area contributed by atoms with Crippen molar-refractivity contribution >= 4 is 40.0 Å². The van der Waals surface area contributed by atoms with Crippen LogP contribution in [0.25, 0.3) is 0 Å². The zero-order chi connectivity index (χ0) is 18.2. The number of rotatable bonds is 8. The van der Waals surface area contributed by atoms with E-state index in [9.17, 15) is 8.42 Å². The first-order valence-corrected chi connectivity index (χ1v) is 10.4. The van der Waals surface area contributed by atoms with Gasteiger partial charge in [0.1, 0.15) is 0 Å². The van der Waals surface area contributed by atoms with E-state index in [1.54, 1.807) is 7.05 Å². The summed E-state index contributed by atoms with van der Waals surface area (Å²) in [6.45, 7) is 10.2. The second-order valence-corrected chi connectivity index (χ2v) is 8.94. The Morgan fingerprint density at radius 1 is 1.20 bits per heavy atom. The highest BCUT2D eigenvalue weighted by Gasteiger charge is 2.30. The smallest absolute Gasteiger partial charge is 0.216 e.